The third-order valence-electron chi connectivity index (χ3n) is 4.40. The number of anilines is 1. The molecule has 7 nitrogen and oxygen atoms in total. The van der Waals surface area contributed by atoms with Crippen LogP contribution in [0, 0.1) is 3.57 Å². The summed E-state index contributed by atoms with van der Waals surface area (Å²) in [5.74, 6) is 1.74. The summed E-state index contributed by atoms with van der Waals surface area (Å²) in [5.41, 5.74) is 0.769. The van der Waals surface area contributed by atoms with Crippen LogP contribution in [-0.4, -0.2) is 56.5 Å². The van der Waals surface area contributed by atoms with E-state index in [2.05, 4.69) is 42.4 Å². The molecule has 2 aromatic heterocycles. The van der Waals surface area contributed by atoms with Crippen LogP contribution in [0.3, 0.4) is 0 Å². The van der Waals surface area contributed by atoms with Gasteiger partial charge in [0.1, 0.15) is 24.3 Å². The Balaban J connectivity index is 1.45. The zero-order chi connectivity index (χ0) is 17.9. The quantitative estimate of drug-likeness (QED) is 0.561. The third-order valence-corrected chi connectivity index (χ3v) is 5.34. The highest BCUT2D eigenvalue weighted by molar-refractivity contribution is 14.1. The number of hydrogen-bond acceptors (Lipinski definition) is 5. The average molecular weight is 460 g/mol. The number of aromatic nitrogens is 4. The molecular weight excluding hydrogens is 443 g/mol. The van der Waals surface area contributed by atoms with E-state index in [0.717, 1.165) is 33.9 Å². The summed E-state index contributed by atoms with van der Waals surface area (Å²) in [6.07, 6.45) is 6.85. The van der Waals surface area contributed by atoms with Gasteiger partial charge in [-0.15, -0.1) is 0 Å². The van der Waals surface area contributed by atoms with E-state index in [-0.39, 0.29) is 5.91 Å². The second-order valence-electron chi connectivity index (χ2n) is 5.96. The molecule has 0 radical (unpaired) electrons. The lowest BCUT2D eigenvalue weighted by molar-refractivity contribution is 0.0745. The summed E-state index contributed by atoms with van der Waals surface area (Å²) in [6, 6.07) is 9.65. The third kappa shape index (κ3) is 3.41. The van der Waals surface area contributed by atoms with Crippen LogP contribution in [0.5, 0.6) is 0 Å². The SMILES string of the molecule is O=C(c1ccccc1I)N1CCN(c2cc(-n3ccnc3)ncn2)CC1. The van der Waals surface area contributed by atoms with E-state index >= 15 is 0 Å². The molecule has 1 aliphatic heterocycles. The second kappa shape index (κ2) is 7.40. The fourth-order valence-corrected chi connectivity index (χ4v) is 3.61. The molecular formula is C18H17IN6O. The molecule has 0 spiro atoms. The van der Waals surface area contributed by atoms with Gasteiger partial charge in [-0.1, -0.05) is 12.1 Å². The number of carbonyl (C=O) groups excluding carboxylic acids is 1. The zero-order valence-corrected chi connectivity index (χ0v) is 16.2. The maximum atomic E-state index is 12.7. The van der Waals surface area contributed by atoms with Crippen molar-refractivity contribution in [1.29, 1.82) is 0 Å². The van der Waals surface area contributed by atoms with Crippen LogP contribution >= 0.6 is 22.6 Å². The van der Waals surface area contributed by atoms with Crippen LogP contribution in [0.1, 0.15) is 10.4 Å². The van der Waals surface area contributed by atoms with Gasteiger partial charge in [0.15, 0.2) is 0 Å². The van der Waals surface area contributed by atoms with Crippen LogP contribution in [0.2, 0.25) is 0 Å². The maximum Gasteiger partial charge on any atom is 0.255 e. The monoisotopic (exact) mass is 460 g/mol. The van der Waals surface area contributed by atoms with E-state index in [1.807, 2.05) is 46.0 Å². The molecule has 3 heterocycles. The Morgan fingerprint density at radius 2 is 1.81 bits per heavy atom. The molecule has 3 aromatic rings. The number of amides is 1. The summed E-state index contributed by atoms with van der Waals surface area (Å²) in [5, 5.41) is 0. The average Bonchev–Trinajstić information content (AvgIpc) is 3.23. The van der Waals surface area contributed by atoms with Gasteiger partial charge in [0.25, 0.3) is 5.91 Å². The summed E-state index contributed by atoms with van der Waals surface area (Å²) >= 11 is 2.21. The molecule has 1 fully saturated rings. The Bertz CT molecular complexity index is 906. The lowest BCUT2D eigenvalue weighted by Gasteiger charge is -2.35. The number of piperazine rings is 1. The van der Waals surface area contributed by atoms with Crippen molar-refractivity contribution in [2.75, 3.05) is 31.1 Å². The van der Waals surface area contributed by atoms with Crippen molar-refractivity contribution < 1.29 is 4.79 Å². The summed E-state index contributed by atoms with van der Waals surface area (Å²) in [6.45, 7) is 2.84. The number of hydrogen-bond donors (Lipinski definition) is 0. The standard InChI is InChI=1S/C18H17IN6O/c19-15-4-2-1-3-14(15)18(26)24-9-7-23(8-10-24)16-11-17(22-12-21-16)25-6-5-20-13-25/h1-6,11-13H,7-10H2. The Morgan fingerprint density at radius 1 is 1.04 bits per heavy atom. The van der Waals surface area contributed by atoms with E-state index in [0.29, 0.717) is 13.1 Å². The highest BCUT2D eigenvalue weighted by atomic mass is 127. The highest BCUT2D eigenvalue weighted by Crippen LogP contribution is 2.19. The minimum atomic E-state index is 0.0939. The maximum absolute atomic E-state index is 12.7. The van der Waals surface area contributed by atoms with Crippen molar-refractivity contribution in [1.82, 2.24) is 24.4 Å². The summed E-state index contributed by atoms with van der Waals surface area (Å²) in [4.78, 5) is 29.6. The molecule has 8 heteroatoms. The van der Waals surface area contributed by atoms with Crippen molar-refractivity contribution in [2.24, 2.45) is 0 Å². The normalized spacial score (nSPS) is 14.5. The number of rotatable bonds is 3. The first-order chi connectivity index (χ1) is 12.7. The van der Waals surface area contributed by atoms with Crippen LogP contribution in [0.25, 0.3) is 5.82 Å². The van der Waals surface area contributed by atoms with Crippen LogP contribution in [0.4, 0.5) is 5.82 Å². The van der Waals surface area contributed by atoms with Crippen LogP contribution in [0.15, 0.2) is 55.4 Å². The highest BCUT2D eigenvalue weighted by Gasteiger charge is 2.24. The van der Waals surface area contributed by atoms with Crippen molar-refractivity contribution in [3.05, 3.63) is 64.5 Å². The molecule has 132 valence electrons. The molecule has 0 saturated carbocycles. The fraction of sp³-hybridized carbons (Fsp3) is 0.222. The smallest absolute Gasteiger partial charge is 0.255 e. The molecule has 4 rings (SSSR count). The zero-order valence-electron chi connectivity index (χ0n) is 14.0. The van der Waals surface area contributed by atoms with Crippen LogP contribution in [-0.2, 0) is 0 Å². The van der Waals surface area contributed by atoms with Gasteiger partial charge in [0, 0.05) is 48.2 Å². The molecule has 0 atom stereocenters. The van der Waals surface area contributed by atoms with E-state index in [1.54, 1.807) is 18.9 Å². The number of carbonyl (C=O) groups is 1. The minimum Gasteiger partial charge on any atom is -0.353 e. The van der Waals surface area contributed by atoms with Gasteiger partial charge in [-0.2, -0.15) is 0 Å². The number of halogens is 1. The largest absolute Gasteiger partial charge is 0.353 e. The summed E-state index contributed by atoms with van der Waals surface area (Å²) in [7, 11) is 0. The van der Waals surface area contributed by atoms with Gasteiger partial charge >= 0.3 is 0 Å². The molecule has 1 aromatic carbocycles. The molecule has 0 N–H and O–H groups in total. The van der Waals surface area contributed by atoms with Gasteiger partial charge in [-0.05, 0) is 34.7 Å². The first-order valence-corrected chi connectivity index (χ1v) is 9.39. The van der Waals surface area contributed by atoms with Gasteiger partial charge in [0.2, 0.25) is 0 Å². The van der Waals surface area contributed by atoms with Crippen molar-refractivity contribution in [3.8, 4) is 5.82 Å². The Kier molecular flexibility index (Phi) is 4.83. The van der Waals surface area contributed by atoms with Gasteiger partial charge in [-0.25, -0.2) is 15.0 Å². The van der Waals surface area contributed by atoms with Crippen molar-refractivity contribution in [2.45, 2.75) is 0 Å². The van der Waals surface area contributed by atoms with Gasteiger partial charge in [0.05, 0.1) is 5.56 Å². The van der Waals surface area contributed by atoms with E-state index < -0.39 is 0 Å². The predicted molar refractivity (Wildman–Crippen MR) is 106 cm³/mol. The number of nitrogens with zero attached hydrogens (tertiary/aromatic N) is 6. The predicted octanol–water partition coefficient (Wildman–Crippen LogP) is 2.23. The second-order valence-corrected chi connectivity index (χ2v) is 7.13. The molecule has 26 heavy (non-hydrogen) atoms. The van der Waals surface area contributed by atoms with Crippen LogP contribution < -0.4 is 4.90 Å². The van der Waals surface area contributed by atoms with Crippen molar-refractivity contribution in [3.63, 3.8) is 0 Å². The van der Waals surface area contributed by atoms with E-state index in [9.17, 15) is 4.79 Å². The number of imidazole rings is 1. The van der Waals surface area contributed by atoms with Gasteiger partial charge in [-0.3, -0.25) is 9.36 Å². The first kappa shape index (κ1) is 17.0. The Hall–Kier alpha value is -2.49. The first-order valence-electron chi connectivity index (χ1n) is 8.31. The minimum absolute atomic E-state index is 0.0939. The van der Waals surface area contributed by atoms with Gasteiger partial charge < -0.3 is 9.80 Å². The number of benzene rings is 1. The molecule has 0 bridgehead atoms. The van der Waals surface area contributed by atoms with E-state index in [1.165, 1.54) is 0 Å². The molecule has 0 unspecified atom stereocenters. The van der Waals surface area contributed by atoms with E-state index in [4.69, 9.17) is 0 Å². The lowest BCUT2D eigenvalue weighted by Crippen LogP contribution is -2.49. The molecule has 1 saturated heterocycles. The Labute approximate surface area is 164 Å². The molecule has 0 aliphatic carbocycles. The summed E-state index contributed by atoms with van der Waals surface area (Å²) < 4.78 is 2.83. The Morgan fingerprint density at radius 3 is 2.54 bits per heavy atom. The topological polar surface area (TPSA) is 67.2 Å². The molecule has 1 aliphatic rings. The molecule has 1 amide bonds. The lowest BCUT2D eigenvalue weighted by atomic mass is 10.2. The fourth-order valence-electron chi connectivity index (χ4n) is 2.99. The van der Waals surface area contributed by atoms with Crippen molar-refractivity contribution >= 4 is 34.3 Å².